The number of amides is 2. The molecule has 254 valence electrons. The van der Waals surface area contributed by atoms with E-state index in [9.17, 15) is 22.4 Å². The molecule has 0 spiro atoms. The summed E-state index contributed by atoms with van der Waals surface area (Å²) in [7, 11) is -4.38. The van der Waals surface area contributed by atoms with Crippen LogP contribution in [-0.2, 0) is 32.6 Å². The molecule has 48 heavy (non-hydrogen) atoms. The second-order valence-corrected chi connectivity index (χ2v) is 13.9. The number of carbonyl (C=O) groups excluding carboxylic acids is 2. The molecule has 4 aromatic rings. The Kier molecular flexibility index (Phi) is 12.9. The van der Waals surface area contributed by atoms with Gasteiger partial charge < -0.3 is 15.0 Å². The fourth-order valence-electron chi connectivity index (χ4n) is 4.97. The molecule has 4 rings (SSSR count). The molecular weight excluding hydrogens is 676 g/mol. The lowest BCUT2D eigenvalue weighted by atomic mass is 10.0. The molecular formula is C36H38Cl2FN3O5S. The summed E-state index contributed by atoms with van der Waals surface area (Å²) in [5.41, 5.74) is 1.36. The van der Waals surface area contributed by atoms with Gasteiger partial charge in [-0.3, -0.25) is 13.9 Å². The van der Waals surface area contributed by atoms with Gasteiger partial charge in [0.2, 0.25) is 11.8 Å². The molecule has 0 aromatic heterocycles. The summed E-state index contributed by atoms with van der Waals surface area (Å²) in [6.07, 6.45) is 0.793. The summed E-state index contributed by atoms with van der Waals surface area (Å²) < 4.78 is 48.7. The van der Waals surface area contributed by atoms with Crippen LogP contribution in [0.3, 0.4) is 0 Å². The molecule has 0 aliphatic carbocycles. The summed E-state index contributed by atoms with van der Waals surface area (Å²) in [5.74, 6) is -1.19. The maximum absolute atomic E-state index is 14.6. The SMILES string of the molecule is CCOc1ccc(S(=O)(=O)N(CC(=O)N(Cc2ccc(Cl)cc2Cl)[C@@H](Cc2ccccc2)C(=O)N[C@@H](C)CC)c2ccc(F)cc2)cc1. The largest absolute Gasteiger partial charge is 0.494 e. The first kappa shape index (κ1) is 36.7. The Morgan fingerprint density at radius 1 is 0.917 bits per heavy atom. The third-order valence-electron chi connectivity index (χ3n) is 7.74. The van der Waals surface area contributed by atoms with E-state index in [-0.39, 0.29) is 34.6 Å². The lowest BCUT2D eigenvalue weighted by Crippen LogP contribution is -2.54. The lowest BCUT2D eigenvalue weighted by molar-refractivity contribution is -0.140. The minimum Gasteiger partial charge on any atom is -0.494 e. The summed E-state index contributed by atoms with van der Waals surface area (Å²) in [6, 6.07) is 23.4. The number of carbonyl (C=O) groups is 2. The van der Waals surface area contributed by atoms with Crippen molar-refractivity contribution in [1.82, 2.24) is 10.2 Å². The summed E-state index contributed by atoms with van der Waals surface area (Å²) in [6.45, 7) is 5.17. The van der Waals surface area contributed by atoms with Crippen molar-refractivity contribution in [2.24, 2.45) is 0 Å². The van der Waals surface area contributed by atoms with E-state index < -0.39 is 40.2 Å². The molecule has 0 aliphatic heterocycles. The molecule has 2 amide bonds. The molecule has 0 unspecified atom stereocenters. The maximum Gasteiger partial charge on any atom is 0.264 e. The van der Waals surface area contributed by atoms with Gasteiger partial charge in [0.15, 0.2) is 0 Å². The Morgan fingerprint density at radius 2 is 1.58 bits per heavy atom. The first-order chi connectivity index (χ1) is 22.9. The van der Waals surface area contributed by atoms with E-state index in [1.54, 1.807) is 12.1 Å². The molecule has 0 radical (unpaired) electrons. The van der Waals surface area contributed by atoms with Crippen LogP contribution in [0.15, 0.2) is 102 Å². The number of nitrogens with zero attached hydrogens (tertiary/aromatic N) is 2. The number of anilines is 1. The molecule has 0 saturated carbocycles. The van der Waals surface area contributed by atoms with Crippen molar-refractivity contribution in [2.75, 3.05) is 17.5 Å². The van der Waals surface area contributed by atoms with Crippen molar-refractivity contribution < 1.29 is 27.1 Å². The second-order valence-electron chi connectivity index (χ2n) is 11.2. The van der Waals surface area contributed by atoms with Crippen LogP contribution in [0.5, 0.6) is 5.75 Å². The number of halogens is 3. The van der Waals surface area contributed by atoms with E-state index in [1.807, 2.05) is 51.1 Å². The highest BCUT2D eigenvalue weighted by molar-refractivity contribution is 7.92. The van der Waals surface area contributed by atoms with Crippen LogP contribution in [0.4, 0.5) is 10.1 Å². The monoisotopic (exact) mass is 713 g/mol. The first-order valence-electron chi connectivity index (χ1n) is 15.5. The quantitative estimate of drug-likeness (QED) is 0.140. The van der Waals surface area contributed by atoms with Gasteiger partial charge in [-0.25, -0.2) is 12.8 Å². The van der Waals surface area contributed by atoms with Crippen LogP contribution in [0.25, 0.3) is 0 Å². The minimum absolute atomic E-state index is 0.0618. The molecule has 12 heteroatoms. The van der Waals surface area contributed by atoms with Gasteiger partial charge in [0, 0.05) is 29.1 Å². The fraction of sp³-hybridized carbons (Fsp3) is 0.278. The van der Waals surface area contributed by atoms with E-state index in [2.05, 4.69) is 5.32 Å². The predicted molar refractivity (Wildman–Crippen MR) is 187 cm³/mol. The van der Waals surface area contributed by atoms with Crippen molar-refractivity contribution in [3.8, 4) is 5.75 Å². The summed E-state index contributed by atoms with van der Waals surface area (Å²) in [5, 5.41) is 3.65. The third kappa shape index (κ3) is 9.49. The number of hydrogen-bond donors (Lipinski definition) is 1. The van der Waals surface area contributed by atoms with E-state index in [4.69, 9.17) is 27.9 Å². The smallest absolute Gasteiger partial charge is 0.264 e. The van der Waals surface area contributed by atoms with Gasteiger partial charge in [-0.1, -0.05) is 66.5 Å². The van der Waals surface area contributed by atoms with Crippen LogP contribution in [-0.4, -0.2) is 50.4 Å². The number of ether oxygens (including phenoxy) is 1. The number of nitrogens with one attached hydrogen (secondary N) is 1. The summed E-state index contributed by atoms with van der Waals surface area (Å²) >= 11 is 12.7. The van der Waals surface area contributed by atoms with Crippen molar-refractivity contribution in [3.05, 3.63) is 124 Å². The topological polar surface area (TPSA) is 96.0 Å². The average Bonchev–Trinajstić information content (AvgIpc) is 3.07. The van der Waals surface area contributed by atoms with Gasteiger partial charge >= 0.3 is 0 Å². The Bertz CT molecular complexity index is 1790. The van der Waals surface area contributed by atoms with Crippen LogP contribution in [0.1, 0.15) is 38.3 Å². The van der Waals surface area contributed by atoms with Crippen molar-refractivity contribution >= 4 is 50.7 Å². The Balaban J connectivity index is 1.82. The van der Waals surface area contributed by atoms with Crippen molar-refractivity contribution in [3.63, 3.8) is 0 Å². The zero-order chi connectivity index (χ0) is 34.8. The maximum atomic E-state index is 14.6. The lowest BCUT2D eigenvalue weighted by Gasteiger charge is -2.34. The molecule has 8 nitrogen and oxygen atoms in total. The highest BCUT2D eigenvalue weighted by Gasteiger charge is 2.35. The van der Waals surface area contributed by atoms with E-state index in [1.165, 1.54) is 47.4 Å². The molecule has 0 heterocycles. The van der Waals surface area contributed by atoms with Gasteiger partial charge in [0.05, 0.1) is 17.2 Å². The average molecular weight is 715 g/mol. The highest BCUT2D eigenvalue weighted by Crippen LogP contribution is 2.28. The van der Waals surface area contributed by atoms with E-state index in [0.29, 0.717) is 29.4 Å². The zero-order valence-electron chi connectivity index (χ0n) is 26.9. The van der Waals surface area contributed by atoms with Crippen LogP contribution in [0.2, 0.25) is 10.0 Å². The van der Waals surface area contributed by atoms with Gasteiger partial charge in [-0.05, 0) is 92.1 Å². The molecule has 0 saturated heterocycles. The first-order valence-corrected chi connectivity index (χ1v) is 17.7. The van der Waals surface area contributed by atoms with Gasteiger partial charge in [-0.15, -0.1) is 0 Å². The predicted octanol–water partition coefficient (Wildman–Crippen LogP) is 7.28. The molecule has 0 aliphatic rings. The Morgan fingerprint density at radius 3 is 2.19 bits per heavy atom. The van der Waals surface area contributed by atoms with Gasteiger partial charge in [0.1, 0.15) is 24.2 Å². The minimum atomic E-state index is -4.38. The van der Waals surface area contributed by atoms with Crippen LogP contribution < -0.4 is 14.4 Å². The highest BCUT2D eigenvalue weighted by atomic mass is 35.5. The Hall–Kier alpha value is -4.12. The normalized spacial score (nSPS) is 12.5. The molecule has 1 N–H and O–H groups in total. The number of benzene rings is 4. The zero-order valence-corrected chi connectivity index (χ0v) is 29.2. The molecule has 2 atom stereocenters. The van der Waals surface area contributed by atoms with Crippen molar-refractivity contribution in [2.45, 2.75) is 57.1 Å². The van der Waals surface area contributed by atoms with E-state index >= 15 is 0 Å². The van der Waals surface area contributed by atoms with Crippen molar-refractivity contribution in [1.29, 1.82) is 0 Å². The Labute approximate surface area is 291 Å². The van der Waals surface area contributed by atoms with E-state index in [0.717, 1.165) is 22.0 Å². The van der Waals surface area contributed by atoms with Gasteiger partial charge in [-0.2, -0.15) is 0 Å². The second kappa shape index (κ2) is 16.8. The van der Waals surface area contributed by atoms with Gasteiger partial charge in [0.25, 0.3) is 10.0 Å². The van der Waals surface area contributed by atoms with Crippen LogP contribution >= 0.6 is 23.2 Å². The molecule has 4 aromatic carbocycles. The number of sulfonamides is 1. The number of hydrogen-bond acceptors (Lipinski definition) is 5. The third-order valence-corrected chi connectivity index (χ3v) is 10.1. The molecule has 0 bridgehead atoms. The van der Waals surface area contributed by atoms with Crippen LogP contribution in [0, 0.1) is 5.82 Å². The number of rotatable bonds is 15. The molecule has 0 fully saturated rings. The standard InChI is InChI=1S/C36H38Cl2FN3O5S/c1-4-25(3)40-36(44)34(21-26-9-7-6-8-10-26)41(23-27-11-12-28(37)22-33(27)38)35(43)24-42(30-15-13-29(39)14-16-30)48(45,46)32-19-17-31(18-20-32)47-5-2/h6-20,22,25,34H,4-5,21,23-24H2,1-3H3,(H,40,44)/t25-,34-/m0/s1. The fourth-order valence-corrected chi connectivity index (χ4v) is 6.85. The summed E-state index contributed by atoms with van der Waals surface area (Å²) in [4.78, 5) is 29.7.